The van der Waals surface area contributed by atoms with Crippen LogP contribution >= 0.6 is 23.1 Å². The number of fused-ring (bicyclic) bond motifs is 2. The van der Waals surface area contributed by atoms with Crippen LogP contribution in [0.4, 0.5) is 0 Å². The topological polar surface area (TPSA) is 73.3 Å². The van der Waals surface area contributed by atoms with Gasteiger partial charge in [-0.1, -0.05) is 17.8 Å². The summed E-state index contributed by atoms with van der Waals surface area (Å²) in [6.07, 6.45) is 1.56. The van der Waals surface area contributed by atoms with Crippen LogP contribution in [0.5, 0.6) is 11.5 Å². The van der Waals surface area contributed by atoms with Gasteiger partial charge in [0.2, 0.25) is 12.7 Å². The zero-order valence-corrected chi connectivity index (χ0v) is 17.8. The summed E-state index contributed by atoms with van der Waals surface area (Å²) in [7, 11) is 0. The number of aromatic nitrogens is 2. The number of nitrogens with zero attached hydrogens (tertiary/aromatic N) is 2. The molecule has 146 valence electrons. The number of carbonyl (C=O) groups excluding carboxylic acids is 1. The van der Waals surface area contributed by atoms with Crippen molar-refractivity contribution in [1.29, 1.82) is 0 Å². The lowest BCUT2D eigenvalue weighted by atomic mass is 9.94. The van der Waals surface area contributed by atoms with E-state index in [9.17, 15) is 4.79 Å². The van der Waals surface area contributed by atoms with Crippen molar-refractivity contribution >= 4 is 39.2 Å². The Morgan fingerprint density at radius 1 is 1.25 bits per heavy atom. The van der Waals surface area contributed by atoms with E-state index in [-0.39, 0.29) is 18.5 Å². The number of amides is 1. The summed E-state index contributed by atoms with van der Waals surface area (Å²) >= 11 is 3.10. The first kappa shape index (κ1) is 19.0. The van der Waals surface area contributed by atoms with Gasteiger partial charge in [-0.2, -0.15) is 0 Å². The SMILES string of the molecule is Cc1sc2ncnc(SCC(=O)NC(C)(C)c3ccc4c(c3)OCO4)c2c1C. The minimum absolute atomic E-state index is 0.0518. The van der Waals surface area contributed by atoms with E-state index >= 15 is 0 Å². The molecule has 1 aliphatic rings. The standard InChI is InChI=1S/C20H21N3O3S2/c1-11-12(2)28-19-17(11)18(21-9-22-19)27-8-16(24)23-20(3,4)13-5-6-14-15(7-13)26-10-25-14/h5-7,9H,8,10H2,1-4H3,(H,23,24). The summed E-state index contributed by atoms with van der Waals surface area (Å²) in [6.45, 7) is 8.34. The second-order valence-corrected chi connectivity index (χ2v) is 9.34. The van der Waals surface area contributed by atoms with Gasteiger partial charge in [0.25, 0.3) is 0 Å². The maximum Gasteiger partial charge on any atom is 0.231 e. The van der Waals surface area contributed by atoms with Crippen molar-refractivity contribution in [1.82, 2.24) is 15.3 Å². The Labute approximate surface area is 171 Å². The van der Waals surface area contributed by atoms with Gasteiger partial charge in [0.05, 0.1) is 11.3 Å². The quantitative estimate of drug-likeness (QED) is 0.498. The molecule has 0 unspecified atom stereocenters. The van der Waals surface area contributed by atoms with Gasteiger partial charge in [-0.3, -0.25) is 4.79 Å². The predicted molar refractivity (Wildman–Crippen MR) is 111 cm³/mol. The normalized spacial score (nSPS) is 13.1. The highest BCUT2D eigenvalue weighted by Gasteiger charge is 2.26. The Morgan fingerprint density at radius 2 is 2.04 bits per heavy atom. The van der Waals surface area contributed by atoms with Crippen LogP contribution in [-0.4, -0.2) is 28.4 Å². The third kappa shape index (κ3) is 3.54. The van der Waals surface area contributed by atoms with Crippen LogP contribution in [0, 0.1) is 13.8 Å². The molecule has 1 N–H and O–H groups in total. The van der Waals surface area contributed by atoms with Gasteiger partial charge in [-0.05, 0) is 51.0 Å². The number of carbonyl (C=O) groups is 1. The summed E-state index contributed by atoms with van der Waals surface area (Å²) in [5.41, 5.74) is 1.61. The Bertz CT molecular complexity index is 1060. The predicted octanol–water partition coefficient (Wildman–Crippen LogP) is 4.18. The highest BCUT2D eigenvalue weighted by atomic mass is 32.2. The molecular formula is C20H21N3O3S2. The molecule has 0 saturated carbocycles. The number of thiophene rings is 1. The first-order chi connectivity index (χ1) is 13.3. The molecule has 4 rings (SSSR count). The number of benzene rings is 1. The summed E-state index contributed by atoms with van der Waals surface area (Å²) in [5.74, 6) is 1.68. The van der Waals surface area contributed by atoms with Crippen molar-refractivity contribution < 1.29 is 14.3 Å². The van der Waals surface area contributed by atoms with E-state index in [2.05, 4.69) is 29.1 Å². The minimum Gasteiger partial charge on any atom is -0.454 e. The summed E-state index contributed by atoms with van der Waals surface area (Å²) in [5, 5.41) is 5.01. The van der Waals surface area contributed by atoms with Crippen LogP contribution in [0.2, 0.25) is 0 Å². The maximum absolute atomic E-state index is 12.6. The number of rotatable bonds is 5. The maximum atomic E-state index is 12.6. The lowest BCUT2D eigenvalue weighted by Gasteiger charge is -2.27. The van der Waals surface area contributed by atoms with Gasteiger partial charge in [0.15, 0.2) is 11.5 Å². The molecule has 1 aliphatic heterocycles. The van der Waals surface area contributed by atoms with E-state index in [1.807, 2.05) is 32.0 Å². The molecule has 8 heteroatoms. The molecule has 0 aliphatic carbocycles. The highest BCUT2D eigenvalue weighted by Crippen LogP contribution is 2.36. The fraction of sp³-hybridized carbons (Fsp3) is 0.350. The molecule has 0 atom stereocenters. The van der Waals surface area contributed by atoms with Gasteiger partial charge in [-0.25, -0.2) is 9.97 Å². The van der Waals surface area contributed by atoms with E-state index in [0.29, 0.717) is 5.75 Å². The van der Waals surface area contributed by atoms with Crippen molar-refractivity contribution in [3.05, 3.63) is 40.5 Å². The Kier molecular flexibility index (Phi) is 4.93. The smallest absolute Gasteiger partial charge is 0.231 e. The molecule has 28 heavy (non-hydrogen) atoms. The van der Waals surface area contributed by atoms with Gasteiger partial charge < -0.3 is 14.8 Å². The van der Waals surface area contributed by atoms with Crippen LogP contribution in [0.25, 0.3) is 10.2 Å². The summed E-state index contributed by atoms with van der Waals surface area (Å²) in [4.78, 5) is 23.6. The molecule has 0 saturated heterocycles. The lowest BCUT2D eigenvalue weighted by Crippen LogP contribution is -2.41. The first-order valence-electron chi connectivity index (χ1n) is 8.90. The zero-order valence-electron chi connectivity index (χ0n) is 16.2. The average molecular weight is 416 g/mol. The fourth-order valence-electron chi connectivity index (χ4n) is 3.14. The molecule has 0 radical (unpaired) electrons. The van der Waals surface area contributed by atoms with E-state index in [4.69, 9.17) is 9.47 Å². The average Bonchev–Trinajstić information content (AvgIpc) is 3.24. The number of hydrogen-bond acceptors (Lipinski definition) is 7. The van der Waals surface area contributed by atoms with E-state index < -0.39 is 5.54 Å². The van der Waals surface area contributed by atoms with Crippen molar-refractivity contribution in [2.24, 2.45) is 0 Å². The van der Waals surface area contributed by atoms with Crippen molar-refractivity contribution in [3.63, 3.8) is 0 Å². The van der Waals surface area contributed by atoms with Crippen LogP contribution in [0.1, 0.15) is 29.9 Å². The first-order valence-corrected chi connectivity index (χ1v) is 10.7. The van der Waals surface area contributed by atoms with Crippen LogP contribution < -0.4 is 14.8 Å². The van der Waals surface area contributed by atoms with Crippen molar-refractivity contribution in [2.45, 2.75) is 38.3 Å². The van der Waals surface area contributed by atoms with Gasteiger partial charge in [0, 0.05) is 10.3 Å². The fourth-order valence-corrected chi connectivity index (χ4v) is 5.05. The molecule has 3 heterocycles. The van der Waals surface area contributed by atoms with Crippen LogP contribution in [0.15, 0.2) is 29.6 Å². The number of thioether (sulfide) groups is 1. The third-order valence-corrected chi connectivity index (χ3v) is 6.92. The second kappa shape index (κ2) is 7.25. The second-order valence-electron chi connectivity index (χ2n) is 7.17. The summed E-state index contributed by atoms with van der Waals surface area (Å²) in [6, 6.07) is 5.74. The molecule has 1 aromatic carbocycles. The minimum atomic E-state index is -0.533. The van der Waals surface area contributed by atoms with Crippen LogP contribution in [-0.2, 0) is 10.3 Å². The van der Waals surface area contributed by atoms with Crippen molar-refractivity contribution in [3.8, 4) is 11.5 Å². The molecule has 1 amide bonds. The number of aryl methyl sites for hydroxylation is 2. The van der Waals surface area contributed by atoms with E-state index in [1.165, 1.54) is 22.2 Å². The summed E-state index contributed by atoms with van der Waals surface area (Å²) < 4.78 is 10.8. The van der Waals surface area contributed by atoms with Gasteiger partial charge in [-0.15, -0.1) is 11.3 Å². The number of ether oxygens (including phenoxy) is 2. The number of nitrogens with one attached hydrogen (secondary N) is 1. The monoisotopic (exact) mass is 415 g/mol. The largest absolute Gasteiger partial charge is 0.454 e. The molecular weight excluding hydrogens is 394 g/mol. The Hall–Kier alpha value is -2.32. The third-order valence-electron chi connectivity index (χ3n) is 4.82. The lowest BCUT2D eigenvalue weighted by molar-refractivity contribution is -0.120. The molecule has 0 fully saturated rings. The molecule has 0 bridgehead atoms. The van der Waals surface area contributed by atoms with Crippen molar-refractivity contribution in [2.75, 3.05) is 12.5 Å². The van der Waals surface area contributed by atoms with Gasteiger partial charge in [0.1, 0.15) is 16.2 Å². The highest BCUT2D eigenvalue weighted by molar-refractivity contribution is 8.00. The zero-order chi connectivity index (χ0) is 19.9. The molecule has 6 nitrogen and oxygen atoms in total. The molecule has 0 spiro atoms. The number of hydrogen-bond donors (Lipinski definition) is 1. The van der Waals surface area contributed by atoms with Gasteiger partial charge >= 0.3 is 0 Å². The van der Waals surface area contributed by atoms with E-state index in [0.717, 1.165) is 26.6 Å². The van der Waals surface area contributed by atoms with Crippen LogP contribution in [0.3, 0.4) is 0 Å². The molecule has 2 aromatic heterocycles. The Morgan fingerprint density at radius 3 is 2.86 bits per heavy atom. The molecule has 3 aromatic rings. The van der Waals surface area contributed by atoms with E-state index in [1.54, 1.807) is 17.7 Å². The Balaban J connectivity index is 1.46.